The van der Waals surface area contributed by atoms with Crippen molar-refractivity contribution in [3.8, 4) is 0 Å². The van der Waals surface area contributed by atoms with Crippen LogP contribution in [0, 0.1) is 12.5 Å². The van der Waals surface area contributed by atoms with E-state index in [1.807, 2.05) is 23.0 Å². The summed E-state index contributed by atoms with van der Waals surface area (Å²) in [5.74, 6) is 1.77. The molecule has 4 heterocycles. The molecule has 2 unspecified atom stereocenters. The van der Waals surface area contributed by atoms with Crippen molar-refractivity contribution in [3.63, 3.8) is 0 Å². The van der Waals surface area contributed by atoms with Crippen molar-refractivity contribution in [2.24, 2.45) is 11.7 Å². The van der Waals surface area contributed by atoms with Crippen LogP contribution in [0.1, 0.15) is 75.3 Å². The third-order valence-electron chi connectivity index (χ3n) is 8.00. The zero-order valence-electron chi connectivity index (χ0n) is 20.9. The second-order valence-corrected chi connectivity index (χ2v) is 10.3. The van der Waals surface area contributed by atoms with Crippen LogP contribution in [0.2, 0.25) is 0 Å². The maximum Gasteiger partial charge on any atom is 0.187 e. The Morgan fingerprint density at radius 3 is 2.89 bits per heavy atom. The molecule has 1 aromatic carbocycles. The molecule has 1 aliphatic carbocycles. The first-order valence-corrected chi connectivity index (χ1v) is 13.2. The minimum absolute atomic E-state index is 0.130. The van der Waals surface area contributed by atoms with E-state index in [4.69, 9.17) is 32.1 Å². The van der Waals surface area contributed by atoms with Crippen LogP contribution in [0.3, 0.4) is 0 Å². The van der Waals surface area contributed by atoms with Gasteiger partial charge < -0.3 is 15.4 Å². The second-order valence-electron chi connectivity index (χ2n) is 10.3. The smallest absolute Gasteiger partial charge is 0.187 e. The quantitative estimate of drug-likeness (QED) is 0.468. The molecule has 8 nitrogen and oxygen atoms in total. The molecule has 3 aromatic rings. The zero-order valence-corrected chi connectivity index (χ0v) is 20.9. The van der Waals surface area contributed by atoms with Crippen LogP contribution in [0.5, 0.6) is 0 Å². The van der Waals surface area contributed by atoms with Crippen molar-refractivity contribution >= 4 is 33.9 Å². The third-order valence-corrected chi connectivity index (χ3v) is 8.00. The Labute approximate surface area is 212 Å². The summed E-state index contributed by atoms with van der Waals surface area (Å²) < 4.78 is 8.13. The highest BCUT2D eigenvalue weighted by molar-refractivity contribution is 5.89. The van der Waals surface area contributed by atoms with E-state index in [1.165, 1.54) is 11.1 Å². The molecule has 2 aliphatic heterocycles. The van der Waals surface area contributed by atoms with Gasteiger partial charge in [-0.1, -0.05) is 25.1 Å². The van der Waals surface area contributed by atoms with Crippen LogP contribution in [-0.2, 0) is 4.74 Å². The molecule has 0 amide bonds. The number of ether oxygens (including phenoxy) is 1. The third kappa shape index (κ3) is 4.06. The van der Waals surface area contributed by atoms with Crippen LogP contribution in [0.4, 0.5) is 17.2 Å². The van der Waals surface area contributed by atoms with Crippen molar-refractivity contribution < 1.29 is 4.74 Å². The van der Waals surface area contributed by atoms with E-state index in [0.29, 0.717) is 17.5 Å². The summed E-state index contributed by atoms with van der Waals surface area (Å²) in [6, 6.07) is 5.98. The van der Waals surface area contributed by atoms with Gasteiger partial charge in [0.15, 0.2) is 28.9 Å². The van der Waals surface area contributed by atoms with Crippen molar-refractivity contribution in [3.05, 3.63) is 53.1 Å². The Morgan fingerprint density at radius 1 is 1.22 bits per heavy atom. The van der Waals surface area contributed by atoms with Gasteiger partial charge >= 0.3 is 0 Å². The Hall–Kier alpha value is -3.28. The van der Waals surface area contributed by atoms with E-state index in [1.54, 1.807) is 0 Å². The first-order valence-electron chi connectivity index (χ1n) is 13.2. The van der Waals surface area contributed by atoms with Gasteiger partial charge in [-0.3, -0.25) is 0 Å². The van der Waals surface area contributed by atoms with E-state index in [-0.39, 0.29) is 6.23 Å². The van der Waals surface area contributed by atoms with Gasteiger partial charge in [-0.25, -0.2) is 19.5 Å². The maximum absolute atomic E-state index is 7.45. The van der Waals surface area contributed by atoms with Gasteiger partial charge in [-0.15, -0.1) is 5.10 Å². The molecule has 8 heteroatoms. The number of hydrogen-bond donors (Lipinski definition) is 1. The van der Waals surface area contributed by atoms with Gasteiger partial charge in [-0.05, 0) is 80.5 Å². The molecule has 2 N–H and O–H groups in total. The summed E-state index contributed by atoms with van der Waals surface area (Å²) in [5, 5.41) is 5.11. The number of rotatable bonds is 4. The molecule has 1 saturated heterocycles. The lowest BCUT2D eigenvalue weighted by Crippen LogP contribution is -2.27. The average molecular weight is 484 g/mol. The first-order chi connectivity index (χ1) is 17.7. The number of aromatic nitrogens is 4. The fourth-order valence-corrected chi connectivity index (χ4v) is 5.75. The SMILES string of the molecule is [C-]#[N+]c1ccc2c(c1)[C@@H](C)CCN2c1nn(C2CCCCO2)c2nc(C3=CCC(CN)CC3)cnc12. The van der Waals surface area contributed by atoms with E-state index >= 15 is 0 Å². The number of nitrogens with zero attached hydrogens (tertiary/aromatic N) is 6. The molecule has 0 radical (unpaired) electrons. The van der Waals surface area contributed by atoms with Crippen LogP contribution in [0.15, 0.2) is 30.5 Å². The molecule has 0 spiro atoms. The highest BCUT2D eigenvalue weighted by Crippen LogP contribution is 2.43. The van der Waals surface area contributed by atoms with Crippen LogP contribution < -0.4 is 10.6 Å². The van der Waals surface area contributed by atoms with Crippen molar-refractivity contribution in [2.45, 2.75) is 64.0 Å². The van der Waals surface area contributed by atoms with Crippen LogP contribution in [0.25, 0.3) is 21.6 Å². The lowest BCUT2D eigenvalue weighted by Gasteiger charge is -2.33. The Bertz CT molecular complexity index is 1350. The summed E-state index contributed by atoms with van der Waals surface area (Å²) in [6.07, 6.45) is 11.2. The molecule has 2 aromatic heterocycles. The lowest BCUT2D eigenvalue weighted by molar-refractivity contribution is -0.0369. The number of nitrogens with two attached hydrogens (primary N) is 1. The minimum atomic E-state index is -0.130. The number of allylic oxidation sites excluding steroid dienone is 2. The molecule has 0 bridgehead atoms. The van der Waals surface area contributed by atoms with E-state index in [9.17, 15) is 0 Å². The Morgan fingerprint density at radius 2 is 2.14 bits per heavy atom. The van der Waals surface area contributed by atoms with Crippen LogP contribution >= 0.6 is 0 Å². The van der Waals surface area contributed by atoms with E-state index in [2.05, 4.69) is 28.8 Å². The van der Waals surface area contributed by atoms with Gasteiger partial charge in [0.2, 0.25) is 0 Å². The fourth-order valence-electron chi connectivity index (χ4n) is 5.75. The fraction of sp³-hybridized carbons (Fsp3) is 0.500. The standard InChI is InChI=1S/C28H33N7O/c1-18-12-13-34(24-11-10-21(30-2)15-22(18)24)28-26-27(35(33-28)25-5-3-4-14-36-25)32-23(17-31-26)20-8-6-19(16-29)7-9-20/h8,10-11,15,17-19,25H,3-7,9,12-14,16,29H2,1H3/t18-,19?,25?/m0/s1. The number of anilines is 2. The van der Waals surface area contributed by atoms with E-state index in [0.717, 1.165) is 93.0 Å². The summed E-state index contributed by atoms with van der Waals surface area (Å²) in [4.78, 5) is 16.0. The van der Waals surface area contributed by atoms with Gasteiger partial charge in [0.25, 0.3) is 0 Å². The highest BCUT2D eigenvalue weighted by atomic mass is 16.5. The Balaban J connectivity index is 1.46. The van der Waals surface area contributed by atoms with Crippen molar-refractivity contribution in [1.29, 1.82) is 0 Å². The molecule has 0 saturated carbocycles. The summed E-state index contributed by atoms with van der Waals surface area (Å²) in [7, 11) is 0. The van der Waals surface area contributed by atoms with Gasteiger partial charge in [0.05, 0.1) is 18.5 Å². The minimum Gasteiger partial charge on any atom is -0.356 e. The monoisotopic (exact) mass is 483 g/mol. The Kier molecular flexibility index (Phi) is 6.20. The molecule has 186 valence electrons. The zero-order chi connectivity index (χ0) is 24.6. The van der Waals surface area contributed by atoms with Gasteiger partial charge in [0.1, 0.15) is 0 Å². The summed E-state index contributed by atoms with van der Waals surface area (Å²) in [6.45, 7) is 12.0. The molecule has 3 atom stereocenters. The first kappa shape index (κ1) is 23.1. The largest absolute Gasteiger partial charge is 0.356 e. The molecule has 1 fully saturated rings. The van der Waals surface area contributed by atoms with Crippen molar-refractivity contribution in [1.82, 2.24) is 19.7 Å². The predicted molar refractivity (Wildman–Crippen MR) is 141 cm³/mol. The van der Waals surface area contributed by atoms with Gasteiger partial charge in [0, 0.05) is 18.8 Å². The number of benzene rings is 1. The normalized spacial score (nSPS) is 24.3. The second kappa shape index (κ2) is 9.64. The molecular weight excluding hydrogens is 450 g/mol. The number of fused-ring (bicyclic) bond motifs is 2. The predicted octanol–water partition coefficient (Wildman–Crippen LogP) is 5.86. The molecular formula is C28H33N7O. The molecule has 6 rings (SSSR count). The van der Waals surface area contributed by atoms with Crippen LogP contribution in [-0.4, -0.2) is 39.4 Å². The average Bonchev–Trinajstić information content (AvgIpc) is 3.32. The van der Waals surface area contributed by atoms with E-state index < -0.39 is 0 Å². The summed E-state index contributed by atoms with van der Waals surface area (Å²) in [5.41, 5.74) is 12.6. The number of hydrogen-bond acceptors (Lipinski definition) is 6. The molecule has 36 heavy (non-hydrogen) atoms. The van der Waals surface area contributed by atoms with Crippen molar-refractivity contribution in [2.75, 3.05) is 24.6 Å². The maximum atomic E-state index is 7.45. The topological polar surface area (TPSA) is 86.5 Å². The summed E-state index contributed by atoms with van der Waals surface area (Å²) >= 11 is 0. The highest BCUT2D eigenvalue weighted by Gasteiger charge is 2.30. The molecule has 3 aliphatic rings. The van der Waals surface area contributed by atoms with Gasteiger partial charge in [-0.2, -0.15) is 0 Å². The lowest BCUT2D eigenvalue weighted by atomic mass is 9.88.